The lowest BCUT2D eigenvalue weighted by Gasteiger charge is -2.37. The van der Waals surface area contributed by atoms with Crippen LogP contribution in [0, 0.1) is 11.8 Å². The number of morpholine rings is 1. The summed E-state index contributed by atoms with van der Waals surface area (Å²) in [6, 6.07) is 0. The van der Waals surface area contributed by atoms with E-state index in [2.05, 4.69) is 15.1 Å². The van der Waals surface area contributed by atoms with Crippen LogP contribution in [-0.2, 0) is 9.53 Å². The molecule has 3 rings (SSSR count). The number of ether oxygens (including phenoxy) is 1. The van der Waals surface area contributed by atoms with Gasteiger partial charge in [-0.15, -0.1) is 24.8 Å². The summed E-state index contributed by atoms with van der Waals surface area (Å²) < 4.78 is 5.40. The second-order valence-electron chi connectivity index (χ2n) is 6.71. The number of carbonyl (C=O) groups is 1. The van der Waals surface area contributed by atoms with Crippen LogP contribution in [0.2, 0.25) is 0 Å². The van der Waals surface area contributed by atoms with Gasteiger partial charge in [0.25, 0.3) is 0 Å². The highest BCUT2D eigenvalue weighted by atomic mass is 35.5. The molecule has 0 bridgehead atoms. The Kier molecular flexibility index (Phi) is 9.78. The fourth-order valence-corrected chi connectivity index (χ4v) is 3.81. The van der Waals surface area contributed by atoms with Crippen LogP contribution in [0.25, 0.3) is 0 Å². The van der Waals surface area contributed by atoms with Crippen molar-refractivity contribution in [3.63, 3.8) is 0 Å². The van der Waals surface area contributed by atoms with Crippen LogP contribution >= 0.6 is 24.8 Å². The van der Waals surface area contributed by atoms with E-state index in [4.69, 9.17) is 4.74 Å². The molecule has 3 heterocycles. The molecule has 23 heavy (non-hydrogen) atoms. The van der Waals surface area contributed by atoms with Crippen molar-refractivity contribution in [2.75, 3.05) is 59.0 Å². The van der Waals surface area contributed by atoms with E-state index in [0.29, 0.717) is 5.91 Å². The number of hydrogen-bond acceptors (Lipinski definition) is 4. The monoisotopic (exact) mass is 367 g/mol. The first kappa shape index (κ1) is 21.0. The van der Waals surface area contributed by atoms with Crippen LogP contribution in [0.1, 0.15) is 25.7 Å². The van der Waals surface area contributed by atoms with Crippen LogP contribution in [0.4, 0.5) is 0 Å². The van der Waals surface area contributed by atoms with E-state index in [1.54, 1.807) is 0 Å². The van der Waals surface area contributed by atoms with Crippen LogP contribution in [0.15, 0.2) is 0 Å². The fraction of sp³-hybridized carbons (Fsp3) is 0.938. The van der Waals surface area contributed by atoms with E-state index in [1.807, 2.05) is 0 Å². The third-order valence-corrected chi connectivity index (χ3v) is 5.23. The predicted octanol–water partition coefficient (Wildman–Crippen LogP) is 1.40. The van der Waals surface area contributed by atoms with Gasteiger partial charge in [0.05, 0.1) is 13.2 Å². The molecule has 0 spiro atoms. The molecule has 0 atom stereocenters. The van der Waals surface area contributed by atoms with Crippen molar-refractivity contribution in [3.8, 4) is 0 Å². The maximum absolute atomic E-state index is 12.5. The highest BCUT2D eigenvalue weighted by molar-refractivity contribution is 5.85. The largest absolute Gasteiger partial charge is 0.379 e. The molecule has 136 valence electrons. The highest BCUT2D eigenvalue weighted by Crippen LogP contribution is 2.22. The number of nitrogens with zero attached hydrogens (tertiary/aromatic N) is 2. The summed E-state index contributed by atoms with van der Waals surface area (Å²) in [6.45, 7) is 9.06. The number of amides is 1. The number of piperidine rings is 2. The number of rotatable bonds is 3. The summed E-state index contributed by atoms with van der Waals surface area (Å²) in [5, 5.41) is 3.34. The van der Waals surface area contributed by atoms with Crippen molar-refractivity contribution >= 4 is 30.7 Å². The summed E-state index contributed by atoms with van der Waals surface area (Å²) in [5.74, 6) is 1.46. The second kappa shape index (κ2) is 10.7. The van der Waals surface area contributed by atoms with E-state index >= 15 is 0 Å². The van der Waals surface area contributed by atoms with Crippen molar-refractivity contribution < 1.29 is 9.53 Å². The Morgan fingerprint density at radius 1 is 0.957 bits per heavy atom. The smallest absolute Gasteiger partial charge is 0.225 e. The van der Waals surface area contributed by atoms with Crippen LogP contribution in [-0.4, -0.2) is 74.7 Å². The van der Waals surface area contributed by atoms with E-state index in [0.717, 1.165) is 71.2 Å². The minimum absolute atomic E-state index is 0. The van der Waals surface area contributed by atoms with E-state index < -0.39 is 0 Å². The molecule has 3 aliphatic heterocycles. The van der Waals surface area contributed by atoms with Crippen molar-refractivity contribution in [1.82, 2.24) is 15.1 Å². The van der Waals surface area contributed by atoms with Gasteiger partial charge in [0.1, 0.15) is 0 Å². The zero-order valence-electron chi connectivity index (χ0n) is 13.9. The van der Waals surface area contributed by atoms with Gasteiger partial charge in [-0.2, -0.15) is 0 Å². The van der Waals surface area contributed by atoms with Gasteiger partial charge in [-0.3, -0.25) is 9.69 Å². The fourth-order valence-electron chi connectivity index (χ4n) is 3.81. The first-order chi connectivity index (χ1) is 10.3. The molecule has 3 fully saturated rings. The molecule has 1 N–H and O–H groups in total. The number of halogens is 2. The topological polar surface area (TPSA) is 44.8 Å². The Morgan fingerprint density at radius 2 is 1.57 bits per heavy atom. The second-order valence-corrected chi connectivity index (χ2v) is 6.71. The van der Waals surface area contributed by atoms with E-state index in [9.17, 15) is 4.79 Å². The first-order valence-corrected chi connectivity index (χ1v) is 8.62. The van der Waals surface area contributed by atoms with Gasteiger partial charge >= 0.3 is 0 Å². The van der Waals surface area contributed by atoms with Gasteiger partial charge < -0.3 is 15.0 Å². The Labute approximate surface area is 152 Å². The first-order valence-electron chi connectivity index (χ1n) is 8.62. The average Bonchev–Trinajstić information content (AvgIpc) is 2.57. The highest BCUT2D eigenvalue weighted by Gasteiger charge is 2.29. The standard InChI is InChI=1S/C16H29N3O2.2ClH/c20-16(15-1-5-17-6-2-15)19-7-3-14(4-8-19)13-18-9-11-21-12-10-18;;/h14-15,17H,1-13H2;2*1H. The molecule has 0 aromatic heterocycles. The SMILES string of the molecule is Cl.Cl.O=C(C1CCNCC1)N1CCC(CN2CCOCC2)CC1. The molecule has 0 saturated carbocycles. The molecule has 0 aromatic carbocycles. The summed E-state index contributed by atoms with van der Waals surface area (Å²) in [7, 11) is 0. The van der Waals surface area contributed by atoms with Gasteiger partial charge in [0.15, 0.2) is 0 Å². The normalized spacial score (nSPS) is 24.6. The molecule has 0 radical (unpaired) electrons. The Hall–Kier alpha value is -0.0700. The molecule has 3 aliphatic rings. The lowest BCUT2D eigenvalue weighted by molar-refractivity contribution is -0.137. The average molecular weight is 368 g/mol. The molecule has 1 amide bonds. The quantitative estimate of drug-likeness (QED) is 0.818. The molecule has 3 saturated heterocycles. The molecule has 7 heteroatoms. The predicted molar refractivity (Wildman–Crippen MR) is 96.7 cm³/mol. The maximum atomic E-state index is 12.5. The van der Waals surface area contributed by atoms with E-state index in [1.165, 1.54) is 19.4 Å². The molecular formula is C16H31Cl2N3O2. The van der Waals surface area contributed by atoms with Gasteiger partial charge in [0.2, 0.25) is 5.91 Å². The van der Waals surface area contributed by atoms with E-state index in [-0.39, 0.29) is 30.7 Å². The molecular weight excluding hydrogens is 337 g/mol. The Morgan fingerprint density at radius 3 is 2.17 bits per heavy atom. The number of likely N-dealkylation sites (tertiary alicyclic amines) is 1. The minimum Gasteiger partial charge on any atom is -0.379 e. The van der Waals surface area contributed by atoms with Crippen LogP contribution in [0.3, 0.4) is 0 Å². The number of nitrogens with one attached hydrogen (secondary N) is 1. The van der Waals surface area contributed by atoms with Crippen molar-refractivity contribution in [2.45, 2.75) is 25.7 Å². The van der Waals surface area contributed by atoms with Gasteiger partial charge in [0, 0.05) is 38.6 Å². The minimum atomic E-state index is 0. The van der Waals surface area contributed by atoms with Crippen LogP contribution in [0.5, 0.6) is 0 Å². The third kappa shape index (κ3) is 6.05. The maximum Gasteiger partial charge on any atom is 0.225 e. The molecule has 5 nitrogen and oxygen atoms in total. The lowest BCUT2D eigenvalue weighted by atomic mass is 9.92. The zero-order chi connectivity index (χ0) is 14.5. The molecule has 0 unspecified atom stereocenters. The number of carbonyl (C=O) groups excluding carboxylic acids is 1. The van der Waals surface area contributed by atoms with Crippen molar-refractivity contribution in [3.05, 3.63) is 0 Å². The Balaban J connectivity index is 0.00000132. The van der Waals surface area contributed by atoms with Crippen molar-refractivity contribution in [1.29, 1.82) is 0 Å². The van der Waals surface area contributed by atoms with Gasteiger partial charge in [-0.05, 0) is 44.7 Å². The number of hydrogen-bond donors (Lipinski definition) is 1. The third-order valence-electron chi connectivity index (χ3n) is 5.23. The lowest BCUT2D eigenvalue weighted by Crippen LogP contribution is -2.47. The van der Waals surface area contributed by atoms with Crippen molar-refractivity contribution in [2.24, 2.45) is 11.8 Å². The van der Waals surface area contributed by atoms with Gasteiger partial charge in [-0.25, -0.2) is 0 Å². The zero-order valence-corrected chi connectivity index (χ0v) is 15.5. The van der Waals surface area contributed by atoms with Crippen LogP contribution < -0.4 is 5.32 Å². The summed E-state index contributed by atoms with van der Waals surface area (Å²) in [4.78, 5) is 17.2. The molecule has 0 aromatic rings. The van der Waals surface area contributed by atoms with Gasteiger partial charge in [-0.1, -0.05) is 0 Å². The summed E-state index contributed by atoms with van der Waals surface area (Å²) in [5.41, 5.74) is 0. The summed E-state index contributed by atoms with van der Waals surface area (Å²) in [6.07, 6.45) is 4.39. The Bertz CT molecular complexity index is 340. The molecule has 0 aliphatic carbocycles. The summed E-state index contributed by atoms with van der Waals surface area (Å²) >= 11 is 0.